The molecule has 1 heterocycles. The van der Waals surface area contributed by atoms with E-state index in [1.54, 1.807) is 7.11 Å². The Morgan fingerprint density at radius 2 is 1.83 bits per heavy atom. The first-order valence-electron chi connectivity index (χ1n) is 8.85. The molecule has 1 amide bonds. The number of rotatable bonds is 6. The summed E-state index contributed by atoms with van der Waals surface area (Å²) in [5.74, 6) is 0.237. The second-order valence-electron chi connectivity index (χ2n) is 6.59. The number of benzene rings is 2. The molecule has 7 nitrogen and oxygen atoms in total. The van der Waals surface area contributed by atoms with Crippen LogP contribution in [-0.2, 0) is 4.79 Å². The first-order valence-corrected chi connectivity index (χ1v) is 9.22. The maximum atomic E-state index is 11.9. The predicted molar refractivity (Wildman–Crippen MR) is 112 cm³/mol. The molecule has 0 bridgehead atoms. The molecule has 3 N–H and O–H groups in total. The summed E-state index contributed by atoms with van der Waals surface area (Å²) in [5.41, 5.74) is 3.47. The van der Waals surface area contributed by atoms with E-state index in [2.05, 4.69) is 0 Å². The number of methoxy groups -OCH3 is 1. The van der Waals surface area contributed by atoms with Gasteiger partial charge in [0.25, 0.3) is 0 Å². The molecule has 1 unspecified atom stereocenters. The smallest absolute Gasteiger partial charge is 0.246 e. The molecule has 29 heavy (non-hydrogen) atoms. The second kappa shape index (κ2) is 9.56. The van der Waals surface area contributed by atoms with Crippen LogP contribution in [0.4, 0.5) is 0 Å². The third kappa shape index (κ3) is 5.14. The molecule has 1 aromatic heterocycles. The number of hydrogen-bond donors (Lipinski definition) is 1. The van der Waals surface area contributed by atoms with E-state index in [-0.39, 0.29) is 23.7 Å². The van der Waals surface area contributed by atoms with Crippen LogP contribution in [-0.4, -0.2) is 45.6 Å². The van der Waals surface area contributed by atoms with Gasteiger partial charge < -0.3 is 10.2 Å². The number of ether oxygens (including phenoxy) is 1. The number of hydrogen-bond acceptors (Lipinski definition) is 4. The molecule has 1 atom stereocenters. The summed E-state index contributed by atoms with van der Waals surface area (Å²) in [4.78, 5) is 11.9. The van der Waals surface area contributed by atoms with Crippen molar-refractivity contribution >= 4 is 17.5 Å². The quantitative estimate of drug-likeness (QED) is 0.488. The number of carbonyl (C=O) groups is 1. The van der Waals surface area contributed by atoms with Gasteiger partial charge in [-0.05, 0) is 42.5 Å². The normalized spacial score (nSPS) is 11.5. The van der Waals surface area contributed by atoms with Crippen LogP contribution < -0.4 is 4.74 Å². The Kier molecular flexibility index (Phi) is 7.39. The van der Waals surface area contributed by atoms with Crippen molar-refractivity contribution in [3.05, 3.63) is 65.3 Å². The van der Waals surface area contributed by atoms with Crippen LogP contribution in [0.2, 0.25) is 5.02 Å². The van der Waals surface area contributed by atoms with Crippen LogP contribution in [0.5, 0.6) is 5.75 Å². The van der Waals surface area contributed by atoms with Crippen LogP contribution in [0.3, 0.4) is 0 Å². The van der Waals surface area contributed by atoms with Gasteiger partial charge in [0.1, 0.15) is 5.75 Å². The molecule has 0 radical (unpaired) electrons. The molecule has 2 aromatic carbocycles. The standard InChI is InChI=1S/C21H22ClN3O3.H2O/c1-14(12-21(26)24(2)27)19-13-20(15-4-6-16(22)7-5-15)25(23-19)17-8-10-18(28-3)11-9-17;/h4-11,13-14,27H,12H2,1-3H3;1H2. The van der Waals surface area contributed by atoms with Gasteiger partial charge >= 0.3 is 0 Å². The van der Waals surface area contributed by atoms with Gasteiger partial charge in [-0.3, -0.25) is 10.0 Å². The molecule has 0 fully saturated rings. The van der Waals surface area contributed by atoms with Gasteiger partial charge in [0.05, 0.1) is 24.2 Å². The Morgan fingerprint density at radius 1 is 1.21 bits per heavy atom. The zero-order valence-corrected chi connectivity index (χ0v) is 17.2. The zero-order chi connectivity index (χ0) is 20.3. The molecule has 154 valence electrons. The number of carbonyl (C=O) groups excluding carboxylic acids is 1. The topological polar surface area (TPSA) is 99.1 Å². The highest BCUT2D eigenvalue weighted by Gasteiger charge is 2.19. The van der Waals surface area contributed by atoms with E-state index in [9.17, 15) is 10.0 Å². The lowest BCUT2D eigenvalue weighted by molar-refractivity contribution is -0.159. The molecule has 0 saturated heterocycles. The van der Waals surface area contributed by atoms with Crippen molar-refractivity contribution in [1.29, 1.82) is 0 Å². The summed E-state index contributed by atoms with van der Waals surface area (Å²) < 4.78 is 7.07. The monoisotopic (exact) mass is 417 g/mol. The van der Waals surface area contributed by atoms with Crippen LogP contribution in [0, 0.1) is 0 Å². The van der Waals surface area contributed by atoms with Gasteiger partial charge in [-0.15, -0.1) is 0 Å². The van der Waals surface area contributed by atoms with Crippen molar-refractivity contribution in [2.75, 3.05) is 14.2 Å². The van der Waals surface area contributed by atoms with Gasteiger partial charge in [-0.25, -0.2) is 9.75 Å². The lowest BCUT2D eigenvalue weighted by Crippen LogP contribution is -2.23. The van der Waals surface area contributed by atoms with Crippen LogP contribution in [0.25, 0.3) is 16.9 Å². The van der Waals surface area contributed by atoms with Crippen molar-refractivity contribution in [2.24, 2.45) is 0 Å². The van der Waals surface area contributed by atoms with Gasteiger partial charge in [0, 0.05) is 30.0 Å². The van der Waals surface area contributed by atoms with Crippen molar-refractivity contribution in [3.8, 4) is 22.7 Å². The Balaban J connectivity index is 0.00000300. The first kappa shape index (κ1) is 22.4. The van der Waals surface area contributed by atoms with E-state index in [4.69, 9.17) is 21.4 Å². The number of amides is 1. The van der Waals surface area contributed by atoms with Crippen LogP contribution >= 0.6 is 11.6 Å². The summed E-state index contributed by atoms with van der Waals surface area (Å²) in [7, 11) is 2.95. The van der Waals surface area contributed by atoms with E-state index in [0.29, 0.717) is 10.1 Å². The van der Waals surface area contributed by atoms with E-state index >= 15 is 0 Å². The van der Waals surface area contributed by atoms with Gasteiger partial charge in [0.15, 0.2) is 0 Å². The number of hydroxylamine groups is 2. The van der Waals surface area contributed by atoms with Crippen molar-refractivity contribution in [1.82, 2.24) is 14.8 Å². The Morgan fingerprint density at radius 3 is 2.38 bits per heavy atom. The largest absolute Gasteiger partial charge is 0.497 e. The van der Waals surface area contributed by atoms with Crippen molar-refractivity contribution in [3.63, 3.8) is 0 Å². The number of nitrogens with zero attached hydrogens (tertiary/aromatic N) is 3. The summed E-state index contributed by atoms with van der Waals surface area (Å²) in [6.07, 6.45) is 0.159. The van der Waals surface area contributed by atoms with Crippen molar-refractivity contribution < 1.29 is 20.2 Å². The van der Waals surface area contributed by atoms with Gasteiger partial charge in [-0.2, -0.15) is 5.10 Å². The minimum Gasteiger partial charge on any atom is -0.497 e. The van der Waals surface area contributed by atoms with E-state index in [0.717, 1.165) is 28.4 Å². The lowest BCUT2D eigenvalue weighted by atomic mass is 10.0. The Bertz CT molecular complexity index is 953. The molecular formula is C21H24ClN3O4. The molecule has 0 saturated carbocycles. The van der Waals surface area contributed by atoms with Crippen LogP contribution in [0.1, 0.15) is 25.0 Å². The fraction of sp³-hybridized carbons (Fsp3) is 0.238. The minimum absolute atomic E-state index is 0. The molecule has 3 rings (SSSR count). The second-order valence-corrected chi connectivity index (χ2v) is 7.03. The summed E-state index contributed by atoms with van der Waals surface area (Å²) in [6, 6.07) is 17.1. The summed E-state index contributed by atoms with van der Waals surface area (Å²) >= 11 is 6.03. The first-order chi connectivity index (χ1) is 13.4. The predicted octanol–water partition coefficient (Wildman–Crippen LogP) is 3.72. The highest BCUT2D eigenvalue weighted by molar-refractivity contribution is 6.30. The minimum atomic E-state index is -0.362. The highest BCUT2D eigenvalue weighted by Crippen LogP contribution is 2.29. The highest BCUT2D eigenvalue weighted by atomic mass is 35.5. The SMILES string of the molecule is COc1ccc(-n2nc(C(C)CC(=O)N(C)O)cc2-c2ccc(Cl)cc2)cc1.O. The summed E-state index contributed by atoms with van der Waals surface area (Å²) in [6.45, 7) is 1.91. The van der Waals surface area contributed by atoms with Crippen molar-refractivity contribution in [2.45, 2.75) is 19.3 Å². The number of halogens is 1. The van der Waals surface area contributed by atoms with Crippen LogP contribution in [0.15, 0.2) is 54.6 Å². The summed E-state index contributed by atoms with van der Waals surface area (Å²) in [5, 5.41) is 15.3. The molecule has 3 aromatic rings. The zero-order valence-electron chi connectivity index (χ0n) is 16.5. The van der Waals surface area contributed by atoms with Gasteiger partial charge in [-0.1, -0.05) is 30.7 Å². The molecule has 0 aliphatic heterocycles. The third-order valence-electron chi connectivity index (χ3n) is 4.53. The maximum absolute atomic E-state index is 11.9. The molecule has 0 spiro atoms. The molecular weight excluding hydrogens is 394 g/mol. The maximum Gasteiger partial charge on any atom is 0.246 e. The average Bonchev–Trinajstić information content (AvgIpc) is 3.14. The molecule has 8 heteroatoms. The Hall–Kier alpha value is -2.87. The molecule has 0 aliphatic rings. The average molecular weight is 418 g/mol. The fourth-order valence-electron chi connectivity index (χ4n) is 2.89. The molecule has 0 aliphatic carbocycles. The fourth-order valence-corrected chi connectivity index (χ4v) is 3.01. The number of aromatic nitrogens is 2. The lowest BCUT2D eigenvalue weighted by Gasteiger charge is -2.12. The van der Waals surface area contributed by atoms with E-state index in [1.807, 2.05) is 66.2 Å². The third-order valence-corrected chi connectivity index (χ3v) is 4.78. The van der Waals surface area contributed by atoms with E-state index < -0.39 is 0 Å². The van der Waals surface area contributed by atoms with Gasteiger partial charge in [0.2, 0.25) is 5.91 Å². The Labute approximate surface area is 174 Å². The van der Waals surface area contributed by atoms with E-state index in [1.165, 1.54) is 7.05 Å².